The molecule has 0 spiro atoms. The van der Waals surface area contributed by atoms with Crippen molar-refractivity contribution in [1.29, 1.82) is 0 Å². The van der Waals surface area contributed by atoms with Crippen LogP contribution in [0.4, 0.5) is 0 Å². The molecule has 156 valence electrons. The van der Waals surface area contributed by atoms with Gasteiger partial charge in [0, 0.05) is 18.7 Å². The third-order valence-corrected chi connectivity index (χ3v) is 5.32. The average Bonchev–Trinajstić information content (AvgIpc) is 3.35. The van der Waals surface area contributed by atoms with Crippen LogP contribution in [-0.2, 0) is 17.9 Å². The highest BCUT2D eigenvalue weighted by atomic mass is 16.3. The van der Waals surface area contributed by atoms with Gasteiger partial charge in [-0.2, -0.15) is 0 Å². The van der Waals surface area contributed by atoms with Crippen LogP contribution in [0.3, 0.4) is 0 Å². The van der Waals surface area contributed by atoms with Crippen molar-refractivity contribution in [2.24, 2.45) is 0 Å². The number of quaternary nitrogens is 1. The molecule has 0 aliphatic carbocycles. The van der Waals surface area contributed by atoms with Gasteiger partial charge in [-0.1, -0.05) is 91.0 Å². The standard InChI is InChI=1S/C27H26N2O2/c30-26(19-28-27(25-17-10-18-31-25)24-15-8-3-9-16-24)29(20-22-11-4-1-5-12-22)21-23-13-6-2-7-14-23/h1-18,27-28H,19-21H2/p+1/t27-/m1/s1. The Morgan fingerprint density at radius 3 is 1.81 bits per heavy atom. The molecule has 0 aliphatic heterocycles. The van der Waals surface area contributed by atoms with E-state index in [0.717, 1.165) is 22.5 Å². The first-order valence-electron chi connectivity index (χ1n) is 10.6. The van der Waals surface area contributed by atoms with Gasteiger partial charge in [0.15, 0.2) is 18.3 Å². The van der Waals surface area contributed by atoms with Crippen LogP contribution in [0.2, 0.25) is 0 Å². The summed E-state index contributed by atoms with van der Waals surface area (Å²) in [6.07, 6.45) is 1.68. The zero-order valence-corrected chi connectivity index (χ0v) is 17.4. The molecule has 4 rings (SSSR count). The van der Waals surface area contributed by atoms with Gasteiger partial charge in [0.05, 0.1) is 6.26 Å². The first-order chi connectivity index (χ1) is 15.3. The van der Waals surface area contributed by atoms with E-state index in [9.17, 15) is 4.79 Å². The number of nitrogens with zero attached hydrogens (tertiary/aromatic N) is 1. The number of carbonyl (C=O) groups excluding carboxylic acids is 1. The Labute approximate surface area is 183 Å². The second kappa shape index (κ2) is 10.4. The fourth-order valence-corrected chi connectivity index (χ4v) is 3.73. The maximum atomic E-state index is 13.3. The Kier molecular flexibility index (Phi) is 6.93. The predicted molar refractivity (Wildman–Crippen MR) is 121 cm³/mol. The van der Waals surface area contributed by atoms with E-state index in [2.05, 4.69) is 41.7 Å². The highest BCUT2D eigenvalue weighted by Gasteiger charge is 2.23. The van der Waals surface area contributed by atoms with Crippen LogP contribution in [0.5, 0.6) is 0 Å². The molecule has 0 radical (unpaired) electrons. The molecule has 1 heterocycles. The second-order valence-electron chi connectivity index (χ2n) is 7.56. The van der Waals surface area contributed by atoms with Crippen molar-refractivity contribution in [2.45, 2.75) is 19.1 Å². The van der Waals surface area contributed by atoms with E-state index >= 15 is 0 Å². The lowest BCUT2D eigenvalue weighted by Crippen LogP contribution is -2.87. The minimum atomic E-state index is -0.0598. The van der Waals surface area contributed by atoms with Crippen molar-refractivity contribution < 1.29 is 14.5 Å². The van der Waals surface area contributed by atoms with Crippen molar-refractivity contribution in [3.63, 3.8) is 0 Å². The zero-order valence-electron chi connectivity index (χ0n) is 17.4. The summed E-state index contributed by atoms with van der Waals surface area (Å²) in [6.45, 7) is 1.50. The largest absolute Gasteiger partial charge is 0.463 e. The fraction of sp³-hybridized carbons (Fsp3) is 0.148. The first-order valence-corrected chi connectivity index (χ1v) is 10.6. The first kappa shape index (κ1) is 20.6. The van der Waals surface area contributed by atoms with Crippen molar-refractivity contribution in [2.75, 3.05) is 6.54 Å². The van der Waals surface area contributed by atoms with E-state index in [-0.39, 0.29) is 11.9 Å². The quantitative estimate of drug-likeness (QED) is 0.450. The summed E-state index contributed by atoms with van der Waals surface area (Å²) in [5, 5.41) is 2.06. The van der Waals surface area contributed by atoms with E-state index in [1.54, 1.807) is 6.26 Å². The van der Waals surface area contributed by atoms with Crippen molar-refractivity contribution >= 4 is 5.91 Å². The highest BCUT2D eigenvalue weighted by Crippen LogP contribution is 2.18. The summed E-state index contributed by atoms with van der Waals surface area (Å²) < 4.78 is 5.68. The van der Waals surface area contributed by atoms with Gasteiger partial charge < -0.3 is 14.6 Å². The van der Waals surface area contributed by atoms with Gasteiger partial charge in [-0.05, 0) is 23.3 Å². The third kappa shape index (κ3) is 5.71. The van der Waals surface area contributed by atoms with Gasteiger partial charge in [-0.15, -0.1) is 0 Å². The average molecular weight is 412 g/mol. The lowest BCUT2D eigenvalue weighted by atomic mass is 10.0. The second-order valence-corrected chi connectivity index (χ2v) is 7.56. The molecule has 0 saturated carbocycles. The van der Waals surface area contributed by atoms with Crippen LogP contribution in [0.1, 0.15) is 28.5 Å². The molecule has 1 amide bonds. The topological polar surface area (TPSA) is 50.1 Å². The number of rotatable bonds is 9. The van der Waals surface area contributed by atoms with Gasteiger partial charge >= 0.3 is 0 Å². The van der Waals surface area contributed by atoms with Crippen LogP contribution in [-0.4, -0.2) is 17.4 Å². The summed E-state index contributed by atoms with van der Waals surface area (Å²) >= 11 is 0. The van der Waals surface area contributed by atoms with Crippen LogP contribution in [0, 0.1) is 0 Å². The number of nitrogens with two attached hydrogens (primary N) is 1. The van der Waals surface area contributed by atoms with E-state index < -0.39 is 0 Å². The maximum Gasteiger partial charge on any atom is 0.278 e. The van der Waals surface area contributed by atoms with Crippen LogP contribution in [0.25, 0.3) is 0 Å². The molecule has 4 nitrogen and oxygen atoms in total. The molecular weight excluding hydrogens is 384 g/mol. The van der Waals surface area contributed by atoms with E-state index in [1.807, 2.05) is 71.6 Å². The lowest BCUT2D eigenvalue weighted by molar-refractivity contribution is -0.679. The van der Waals surface area contributed by atoms with E-state index in [4.69, 9.17) is 4.42 Å². The number of amides is 1. The molecule has 0 unspecified atom stereocenters. The Morgan fingerprint density at radius 2 is 1.29 bits per heavy atom. The molecular formula is C27H27N2O2+. The van der Waals surface area contributed by atoms with Gasteiger partial charge in [-0.3, -0.25) is 4.79 Å². The van der Waals surface area contributed by atoms with Gasteiger partial charge in [0.25, 0.3) is 5.91 Å². The number of hydrogen-bond donors (Lipinski definition) is 1. The number of hydrogen-bond acceptors (Lipinski definition) is 2. The zero-order chi connectivity index (χ0) is 21.3. The van der Waals surface area contributed by atoms with Crippen molar-refractivity contribution in [1.82, 2.24) is 4.90 Å². The molecule has 2 N–H and O–H groups in total. The Morgan fingerprint density at radius 1 is 0.742 bits per heavy atom. The normalized spacial score (nSPS) is 11.7. The number of carbonyl (C=O) groups is 1. The van der Waals surface area contributed by atoms with Crippen LogP contribution >= 0.6 is 0 Å². The molecule has 0 fully saturated rings. The minimum absolute atomic E-state index is 0.0598. The Balaban J connectivity index is 1.50. The summed E-state index contributed by atoms with van der Waals surface area (Å²) in [4.78, 5) is 15.2. The van der Waals surface area contributed by atoms with Crippen molar-refractivity contribution in [3.8, 4) is 0 Å². The highest BCUT2D eigenvalue weighted by molar-refractivity contribution is 5.77. The molecule has 3 aromatic carbocycles. The van der Waals surface area contributed by atoms with Crippen LogP contribution in [0.15, 0.2) is 114 Å². The van der Waals surface area contributed by atoms with Gasteiger partial charge in [-0.25, -0.2) is 0 Å². The molecule has 31 heavy (non-hydrogen) atoms. The summed E-state index contributed by atoms with van der Waals surface area (Å²) in [7, 11) is 0. The van der Waals surface area contributed by atoms with Gasteiger partial charge in [0.2, 0.25) is 0 Å². The molecule has 0 aliphatic rings. The SMILES string of the molecule is O=C(C[NH2+][C@H](c1ccccc1)c1ccco1)N(Cc1ccccc1)Cc1ccccc1. The molecule has 4 aromatic rings. The fourth-order valence-electron chi connectivity index (χ4n) is 3.73. The van der Waals surface area contributed by atoms with Gasteiger partial charge in [0.1, 0.15) is 0 Å². The summed E-state index contributed by atoms with van der Waals surface area (Å²) in [5.74, 6) is 0.942. The number of furan rings is 1. The minimum Gasteiger partial charge on any atom is -0.463 e. The molecule has 1 aromatic heterocycles. The Hall–Kier alpha value is -3.63. The predicted octanol–water partition coefficient (Wildman–Crippen LogP) is 4.16. The summed E-state index contributed by atoms with van der Waals surface area (Å²) in [5.41, 5.74) is 3.36. The lowest BCUT2D eigenvalue weighted by Gasteiger charge is -2.23. The van der Waals surface area contributed by atoms with E-state index in [0.29, 0.717) is 19.6 Å². The third-order valence-electron chi connectivity index (χ3n) is 5.32. The maximum absolute atomic E-state index is 13.3. The van der Waals surface area contributed by atoms with Crippen LogP contribution < -0.4 is 5.32 Å². The monoisotopic (exact) mass is 411 g/mol. The van der Waals surface area contributed by atoms with E-state index in [1.165, 1.54) is 0 Å². The van der Waals surface area contributed by atoms with Crippen molar-refractivity contribution in [3.05, 3.63) is 132 Å². The molecule has 0 saturated heterocycles. The Bertz CT molecular complexity index is 1010. The smallest absolute Gasteiger partial charge is 0.278 e. The molecule has 0 bridgehead atoms. The molecule has 4 heteroatoms. The number of benzene rings is 3. The summed E-state index contributed by atoms with van der Waals surface area (Å²) in [6, 6.07) is 34.2. The molecule has 1 atom stereocenters.